The molecule has 11 heteroatoms. The van der Waals surface area contributed by atoms with Gasteiger partial charge >= 0.3 is 0 Å². The fourth-order valence-electron chi connectivity index (χ4n) is 3.05. The number of carbonyl (C=O) groups is 2. The van der Waals surface area contributed by atoms with E-state index in [4.69, 9.17) is 11.6 Å². The van der Waals surface area contributed by atoms with E-state index in [9.17, 15) is 19.7 Å². The van der Waals surface area contributed by atoms with Gasteiger partial charge < -0.3 is 0 Å². The molecule has 0 aliphatic carbocycles. The predicted molar refractivity (Wildman–Crippen MR) is 124 cm³/mol. The van der Waals surface area contributed by atoms with Crippen LogP contribution in [0.25, 0.3) is 11.3 Å². The first-order valence-electron chi connectivity index (χ1n) is 9.80. The lowest BCUT2D eigenvalue weighted by atomic mass is 10.1. The molecular formula is C23H15ClN6O4. The van der Waals surface area contributed by atoms with Gasteiger partial charge in [0.25, 0.3) is 17.5 Å². The third-order valence-corrected chi connectivity index (χ3v) is 4.97. The highest BCUT2D eigenvalue weighted by atomic mass is 35.5. The van der Waals surface area contributed by atoms with Crippen LogP contribution >= 0.6 is 11.6 Å². The second kappa shape index (κ2) is 9.84. The lowest BCUT2D eigenvalue weighted by molar-refractivity contribution is -0.384. The van der Waals surface area contributed by atoms with Gasteiger partial charge in [-0.2, -0.15) is 15.2 Å². The maximum atomic E-state index is 13.2. The second-order valence-corrected chi connectivity index (χ2v) is 7.35. The summed E-state index contributed by atoms with van der Waals surface area (Å²) in [6.45, 7) is 0. The molecule has 2 amide bonds. The number of nitrogens with zero attached hydrogens (tertiary/aromatic N) is 5. The van der Waals surface area contributed by atoms with Crippen molar-refractivity contribution in [3.63, 3.8) is 0 Å². The summed E-state index contributed by atoms with van der Waals surface area (Å²) in [7, 11) is 0. The van der Waals surface area contributed by atoms with Gasteiger partial charge in [0.1, 0.15) is 0 Å². The van der Waals surface area contributed by atoms with Crippen molar-refractivity contribution in [3.8, 4) is 11.3 Å². The van der Waals surface area contributed by atoms with Crippen LogP contribution in [0.4, 0.5) is 5.69 Å². The van der Waals surface area contributed by atoms with Crippen molar-refractivity contribution in [2.24, 2.45) is 5.10 Å². The Morgan fingerprint density at radius 1 is 1.03 bits per heavy atom. The number of hydrazone groups is 1. The van der Waals surface area contributed by atoms with Crippen LogP contribution in [-0.2, 0) is 0 Å². The highest BCUT2D eigenvalue weighted by Gasteiger charge is 2.24. The summed E-state index contributed by atoms with van der Waals surface area (Å²) in [5.74, 6) is -1.46. The van der Waals surface area contributed by atoms with Gasteiger partial charge in [0.15, 0.2) is 0 Å². The van der Waals surface area contributed by atoms with E-state index in [0.717, 1.165) is 5.56 Å². The molecule has 34 heavy (non-hydrogen) atoms. The number of non-ortho nitro benzene ring substituents is 1. The number of halogens is 1. The average molecular weight is 475 g/mol. The monoisotopic (exact) mass is 474 g/mol. The number of pyridine rings is 1. The summed E-state index contributed by atoms with van der Waals surface area (Å²) in [6.07, 6.45) is 5.64. The molecule has 4 rings (SSSR count). The number of amides is 2. The fraction of sp³-hybridized carbons (Fsp3) is 0. The smallest absolute Gasteiger partial charge is 0.277 e. The van der Waals surface area contributed by atoms with Gasteiger partial charge in [-0.05, 0) is 36.4 Å². The number of nitrogens with one attached hydrogen (secondary N) is 1. The normalized spacial score (nSPS) is 10.9. The van der Waals surface area contributed by atoms with Gasteiger partial charge in [-0.25, -0.2) is 0 Å². The molecule has 1 N–H and O–H groups in total. The second-order valence-electron chi connectivity index (χ2n) is 6.92. The van der Waals surface area contributed by atoms with Gasteiger partial charge in [-0.3, -0.25) is 29.8 Å². The van der Waals surface area contributed by atoms with Crippen molar-refractivity contribution in [2.45, 2.75) is 0 Å². The molecule has 2 aromatic heterocycles. The van der Waals surface area contributed by atoms with E-state index >= 15 is 0 Å². The molecule has 0 saturated carbocycles. The molecule has 0 fully saturated rings. The standard InChI is InChI=1S/C23H15ClN6O4/c24-19-3-1-2-17(12-19)21-18(13-26-28-21)14-27-29(23(32)16-8-10-25-11-9-16)22(31)15-4-6-20(7-5-15)30(33)34/h1-14H,(H,26,28). The minimum absolute atomic E-state index is 0.0485. The minimum atomic E-state index is -0.763. The van der Waals surface area contributed by atoms with E-state index in [1.165, 1.54) is 61.2 Å². The SMILES string of the molecule is O=C(c1ccncc1)N(N=Cc1cn[nH]c1-c1cccc(Cl)c1)C(=O)c1ccc([N+](=O)[O-])cc1. The Morgan fingerprint density at radius 2 is 1.71 bits per heavy atom. The van der Waals surface area contributed by atoms with Gasteiger partial charge in [-0.1, -0.05) is 23.7 Å². The summed E-state index contributed by atoms with van der Waals surface area (Å²) in [6, 6.07) is 14.8. The minimum Gasteiger partial charge on any atom is -0.277 e. The summed E-state index contributed by atoms with van der Waals surface area (Å²) < 4.78 is 0. The number of H-pyrrole nitrogens is 1. The Labute approximate surface area is 197 Å². The Hall–Kier alpha value is -4.70. The molecule has 0 atom stereocenters. The van der Waals surface area contributed by atoms with Crippen molar-refractivity contribution in [1.29, 1.82) is 0 Å². The average Bonchev–Trinajstić information content (AvgIpc) is 3.33. The van der Waals surface area contributed by atoms with Crippen LogP contribution in [0.1, 0.15) is 26.3 Å². The maximum absolute atomic E-state index is 13.2. The lowest BCUT2D eigenvalue weighted by Gasteiger charge is -2.15. The molecule has 10 nitrogen and oxygen atoms in total. The first kappa shape index (κ1) is 22.5. The molecule has 0 radical (unpaired) electrons. The Morgan fingerprint density at radius 3 is 2.35 bits per heavy atom. The zero-order valence-electron chi connectivity index (χ0n) is 17.3. The third-order valence-electron chi connectivity index (χ3n) is 4.73. The van der Waals surface area contributed by atoms with Crippen LogP contribution in [-0.4, -0.2) is 43.1 Å². The number of rotatable bonds is 6. The van der Waals surface area contributed by atoms with E-state index in [1.54, 1.807) is 18.2 Å². The van der Waals surface area contributed by atoms with Crippen LogP contribution < -0.4 is 0 Å². The largest absolute Gasteiger partial charge is 0.281 e. The number of carbonyl (C=O) groups excluding carboxylic acids is 2. The molecule has 0 aliphatic heterocycles. The zero-order chi connectivity index (χ0) is 24.1. The van der Waals surface area contributed by atoms with Crippen molar-refractivity contribution < 1.29 is 14.5 Å². The summed E-state index contributed by atoms with van der Waals surface area (Å²) in [5, 5.41) is 23.2. The highest BCUT2D eigenvalue weighted by molar-refractivity contribution is 6.30. The van der Waals surface area contributed by atoms with Gasteiger partial charge in [0.05, 0.1) is 23.0 Å². The number of aromatic nitrogens is 3. The zero-order valence-corrected chi connectivity index (χ0v) is 18.1. The number of nitro groups is 1. The predicted octanol–water partition coefficient (Wildman–Crippen LogP) is 4.35. The van der Waals surface area contributed by atoms with Gasteiger partial charge in [0.2, 0.25) is 0 Å². The van der Waals surface area contributed by atoms with E-state index in [-0.39, 0.29) is 16.8 Å². The molecule has 2 aromatic carbocycles. The molecule has 0 unspecified atom stereocenters. The first-order valence-corrected chi connectivity index (χ1v) is 10.2. The Kier molecular flexibility index (Phi) is 6.51. The van der Waals surface area contributed by atoms with E-state index in [0.29, 0.717) is 21.3 Å². The topological polar surface area (TPSA) is 134 Å². The van der Waals surface area contributed by atoms with Crippen LogP contribution in [0.5, 0.6) is 0 Å². The third kappa shape index (κ3) is 4.87. The number of benzene rings is 2. The number of hydrogen-bond acceptors (Lipinski definition) is 7. The van der Waals surface area contributed by atoms with Crippen molar-refractivity contribution in [1.82, 2.24) is 20.2 Å². The van der Waals surface area contributed by atoms with E-state index in [1.807, 2.05) is 6.07 Å². The molecule has 0 aliphatic rings. The number of imide groups is 1. The summed E-state index contributed by atoms with van der Waals surface area (Å²) in [4.78, 5) is 40.5. The van der Waals surface area contributed by atoms with Crippen LogP contribution in [0, 0.1) is 10.1 Å². The number of nitro benzene ring substituents is 1. The van der Waals surface area contributed by atoms with Crippen LogP contribution in [0.15, 0.2) is 84.4 Å². The van der Waals surface area contributed by atoms with Gasteiger partial charge in [0, 0.05) is 51.8 Å². The van der Waals surface area contributed by atoms with Crippen molar-refractivity contribution in [2.75, 3.05) is 0 Å². The highest BCUT2D eigenvalue weighted by Crippen LogP contribution is 2.23. The van der Waals surface area contributed by atoms with Crippen LogP contribution in [0.2, 0.25) is 5.02 Å². The first-order chi connectivity index (χ1) is 16.4. The molecule has 0 bridgehead atoms. The van der Waals surface area contributed by atoms with E-state index in [2.05, 4.69) is 20.3 Å². The van der Waals surface area contributed by atoms with Crippen LogP contribution in [0.3, 0.4) is 0 Å². The maximum Gasteiger partial charge on any atom is 0.281 e. The Balaban J connectivity index is 1.70. The fourth-order valence-corrected chi connectivity index (χ4v) is 3.24. The van der Waals surface area contributed by atoms with Crippen molar-refractivity contribution >= 4 is 35.3 Å². The molecule has 0 spiro atoms. The van der Waals surface area contributed by atoms with E-state index < -0.39 is 16.7 Å². The number of hydrogen-bond donors (Lipinski definition) is 1. The van der Waals surface area contributed by atoms with Gasteiger partial charge in [-0.15, -0.1) is 0 Å². The number of aromatic amines is 1. The molecular weight excluding hydrogens is 460 g/mol. The quantitative estimate of drug-likeness (QED) is 0.191. The molecule has 0 saturated heterocycles. The Bertz CT molecular complexity index is 1390. The summed E-state index contributed by atoms with van der Waals surface area (Å²) in [5.41, 5.74) is 1.88. The molecule has 2 heterocycles. The van der Waals surface area contributed by atoms with Crippen molar-refractivity contribution in [3.05, 3.63) is 111 Å². The molecule has 4 aromatic rings. The lowest BCUT2D eigenvalue weighted by Crippen LogP contribution is -2.32. The molecule has 168 valence electrons. The summed E-state index contributed by atoms with van der Waals surface area (Å²) >= 11 is 6.08.